The van der Waals surface area contributed by atoms with Crippen molar-refractivity contribution in [2.75, 3.05) is 27.2 Å². The van der Waals surface area contributed by atoms with Crippen molar-refractivity contribution in [3.8, 4) is 5.75 Å². The van der Waals surface area contributed by atoms with Gasteiger partial charge in [-0.2, -0.15) is 0 Å². The standard InChI is InChI=1S/C18H32N2O/c1-5-6-7-14-21-18-10-8-17(9-11-18)15-19-16(2)12-13-20(3)4/h8-11,16,19H,5-7,12-15H2,1-4H3. The molecule has 1 aromatic carbocycles. The van der Waals surface area contributed by atoms with E-state index in [9.17, 15) is 0 Å². The highest BCUT2D eigenvalue weighted by atomic mass is 16.5. The molecule has 3 heteroatoms. The molecule has 1 rings (SSSR count). The van der Waals surface area contributed by atoms with Gasteiger partial charge in [-0.15, -0.1) is 0 Å². The third-order valence-electron chi connectivity index (χ3n) is 3.60. The molecule has 1 atom stereocenters. The Morgan fingerprint density at radius 2 is 1.86 bits per heavy atom. The number of benzene rings is 1. The first kappa shape index (κ1) is 18.0. The van der Waals surface area contributed by atoms with Crippen molar-refractivity contribution in [1.82, 2.24) is 10.2 Å². The van der Waals surface area contributed by atoms with Crippen LogP contribution in [0, 0.1) is 0 Å². The molecular formula is C18H32N2O. The maximum absolute atomic E-state index is 5.73. The second-order valence-electron chi connectivity index (χ2n) is 6.07. The number of hydrogen-bond donors (Lipinski definition) is 1. The minimum absolute atomic E-state index is 0.539. The number of ether oxygens (including phenoxy) is 1. The minimum atomic E-state index is 0.539. The van der Waals surface area contributed by atoms with Gasteiger partial charge in [0.25, 0.3) is 0 Å². The van der Waals surface area contributed by atoms with Gasteiger partial charge in [0.1, 0.15) is 5.75 Å². The summed E-state index contributed by atoms with van der Waals surface area (Å²) in [6, 6.07) is 9.00. The molecule has 0 amide bonds. The molecule has 0 aliphatic heterocycles. The summed E-state index contributed by atoms with van der Waals surface area (Å²) in [6.07, 6.45) is 4.79. The Balaban J connectivity index is 2.24. The van der Waals surface area contributed by atoms with Gasteiger partial charge in [-0.05, 0) is 58.1 Å². The first-order valence-corrected chi connectivity index (χ1v) is 8.21. The van der Waals surface area contributed by atoms with Crippen molar-refractivity contribution in [3.63, 3.8) is 0 Å². The van der Waals surface area contributed by atoms with Gasteiger partial charge in [-0.3, -0.25) is 0 Å². The lowest BCUT2D eigenvalue weighted by Gasteiger charge is -2.16. The maximum atomic E-state index is 5.73. The van der Waals surface area contributed by atoms with E-state index in [1.54, 1.807) is 0 Å². The average molecular weight is 292 g/mol. The third-order valence-corrected chi connectivity index (χ3v) is 3.60. The molecule has 1 unspecified atom stereocenters. The van der Waals surface area contributed by atoms with Crippen molar-refractivity contribution in [2.45, 2.75) is 52.1 Å². The normalized spacial score (nSPS) is 12.6. The molecule has 0 aromatic heterocycles. The van der Waals surface area contributed by atoms with Crippen LogP contribution in [0.1, 0.15) is 45.1 Å². The monoisotopic (exact) mass is 292 g/mol. The lowest BCUT2D eigenvalue weighted by molar-refractivity contribution is 0.306. The Labute approximate surface area is 130 Å². The second kappa shape index (κ2) is 10.6. The molecule has 0 saturated heterocycles. The smallest absolute Gasteiger partial charge is 0.119 e. The van der Waals surface area contributed by atoms with E-state index in [4.69, 9.17) is 4.74 Å². The summed E-state index contributed by atoms with van der Waals surface area (Å²) < 4.78 is 5.73. The summed E-state index contributed by atoms with van der Waals surface area (Å²) in [7, 11) is 4.23. The van der Waals surface area contributed by atoms with Crippen molar-refractivity contribution in [1.29, 1.82) is 0 Å². The summed E-state index contributed by atoms with van der Waals surface area (Å²) in [5, 5.41) is 3.57. The van der Waals surface area contributed by atoms with Crippen LogP contribution in [0.3, 0.4) is 0 Å². The predicted octanol–water partition coefficient (Wildman–Crippen LogP) is 3.69. The number of rotatable bonds is 11. The molecule has 120 valence electrons. The molecule has 0 spiro atoms. The average Bonchev–Trinajstić information content (AvgIpc) is 2.48. The van der Waals surface area contributed by atoms with Gasteiger partial charge < -0.3 is 15.0 Å². The Bertz CT molecular complexity index is 362. The summed E-state index contributed by atoms with van der Waals surface area (Å²) in [6.45, 7) is 7.33. The van der Waals surface area contributed by atoms with Crippen LogP contribution in [-0.2, 0) is 6.54 Å². The SMILES string of the molecule is CCCCCOc1ccc(CNC(C)CCN(C)C)cc1. The molecule has 0 fully saturated rings. The topological polar surface area (TPSA) is 24.5 Å². The van der Waals surface area contributed by atoms with Crippen LogP contribution in [0.25, 0.3) is 0 Å². The molecule has 0 aliphatic carbocycles. The molecule has 1 N–H and O–H groups in total. The highest BCUT2D eigenvalue weighted by Crippen LogP contribution is 2.13. The molecule has 21 heavy (non-hydrogen) atoms. The van der Waals surface area contributed by atoms with Crippen molar-refractivity contribution < 1.29 is 4.74 Å². The van der Waals surface area contributed by atoms with Gasteiger partial charge in [0.2, 0.25) is 0 Å². The third kappa shape index (κ3) is 8.74. The van der Waals surface area contributed by atoms with Gasteiger partial charge in [-0.25, -0.2) is 0 Å². The molecule has 0 saturated carbocycles. The first-order chi connectivity index (χ1) is 10.1. The predicted molar refractivity (Wildman–Crippen MR) is 90.9 cm³/mol. The largest absolute Gasteiger partial charge is 0.494 e. The van der Waals surface area contributed by atoms with Crippen molar-refractivity contribution in [2.24, 2.45) is 0 Å². The minimum Gasteiger partial charge on any atom is -0.494 e. The van der Waals surface area contributed by atoms with E-state index in [2.05, 4.69) is 62.4 Å². The number of nitrogens with one attached hydrogen (secondary N) is 1. The summed E-state index contributed by atoms with van der Waals surface area (Å²) in [5.41, 5.74) is 1.31. The van der Waals surface area contributed by atoms with E-state index in [0.717, 1.165) is 31.9 Å². The van der Waals surface area contributed by atoms with Crippen LogP contribution < -0.4 is 10.1 Å². The summed E-state index contributed by atoms with van der Waals surface area (Å²) in [4.78, 5) is 2.23. The van der Waals surface area contributed by atoms with Crippen LogP contribution >= 0.6 is 0 Å². The van der Waals surface area contributed by atoms with Gasteiger partial charge in [0.05, 0.1) is 6.61 Å². The molecule has 0 heterocycles. The quantitative estimate of drug-likeness (QED) is 0.630. The van der Waals surface area contributed by atoms with Crippen LogP contribution in [0.5, 0.6) is 5.75 Å². The Kier molecular flexibility index (Phi) is 9.11. The number of hydrogen-bond acceptors (Lipinski definition) is 3. The lowest BCUT2D eigenvalue weighted by Crippen LogP contribution is -2.29. The molecule has 0 bridgehead atoms. The number of nitrogens with zero attached hydrogens (tertiary/aromatic N) is 1. The van der Waals surface area contributed by atoms with E-state index in [1.165, 1.54) is 24.8 Å². The Morgan fingerprint density at radius 3 is 2.48 bits per heavy atom. The zero-order valence-corrected chi connectivity index (χ0v) is 14.2. The fourth-order valence-corrected chi connectivity index (χ4v) is 2.09. The zero-order valence-electron chi connectivity index (χ0n) is 14.2. The molecule has 0 radical (unpaired) electrons. The molecule has 3 nitrogen and oxygen atoms in total. The zero-order chi connectivity index (χ0) is 15.5. The van der Waals surface area contributed by atoms with E-state index in [-0.39, 0.29) is 0 Å². The molecule has 1 aromatic rings. The van der Waals surface area contributed by atoms with E-state index in [1.807, 2.05) is 0 Å². The summed E-state index contributed by atoms with van der Waals surface area (Å²) >= 11 is 0. The van der Waals surface area contributed by atoms with Crippen molar-refractivity contribution >= 4 is 0 Å². The van der Waals surface area contributed by atoms with Gasteiger partial charge >= 0.3 is 0 Å². The summed E-state index contributed by atoms with van der Waals surface area (Å²) in [5.74, 6) is 0.982. The highest BCUT2D eigenvalue weighted by Gasteiger charge is 2.02. The van der Waals surface area contributed by atoms with Crippen LogP contribution in [-0.4, -0.2) is 38.2 Å². The van der Waals surface area contributed by atoms with Gasteiger partial charge in [0.15, 0.2) is 0 Å². The lowest BCUT2D eigenvalue weighted by atomic mass is 10.2. The first-order valence-electron chi connectivity index (χ1n) is 8.21. The second-order valence-corrected chi connectivity index (χ2v) is 6.07. The van der Waals surface area contributed by atoms with Crippen LogP contribution in [0.15, 0.2) is 24.3 Å². The van der Waals surface area contributed by atoms with Crippen molar-refractivity contribution in [3.05, 3.63) is 29.8 Å². The fraction of sp³-hybridized carbons (Fsp3) is 0.667. The Hall–Kier alpha value is -1.06. The molecular weight excluding hydrogens is 260 g/mol. The van der Waals surface area contributed by atoms with Gasteiger partial charge in [0, 0.05) is 12.6 Å². The van der Waals surface area contributed by atoms with Gasteiger partial charge in [-0.1, -0.05) is 31.9 Å². The van der Waals surface area contributed by atoms with E-state index in [0.29, 0.717) is 6.04 Å². The van der Waals surface area contributed by atoms with E-state index < -0.39 is 0 Å². The molecule has 0 aliphatic rings. The van der Waals surface area contributed by atoms with E-state index >= 15 is 0 Å². The van der Waals surface area contributed by atoms with Crippen LogP contribution in [0.4, 0.5) is 0 Å². The highest BCUT2D eigenvalue weighted by molar-refractivity contribution is 5.27. The fourth-order valence-electron chi connectivity index (χ4n) is 2.09. The van der Waals surface area contributed by atoms with Crippen LogP contribution in [0.2, 0.25) is 0 Å². The number of unbranched alkanes of at least 4 members (excludes halogenated alkanes) is 2. The Morgan fingerprint density at radius 1 is 1.14 bits per heavy atom. The maximum Gasteiger partial charge on any atom is 0.119 e.